The van der Waals surface area contributed by atoms with Crippen LogP contribution >= 0.6 is 0 Å². The summed E-state index contributed by atoms with van der Waals surface area (Å²) in [5.41, 5.74) is 2.72. The standard InChI is InChI=1S/C23H24N2O4/c1-4-25-13-18(16-11-20(28-2)21(29-3)12-17(16)23(25)27)22(26)24-19-10-9-14-7-5-6-8-15(14)19/h5-8,11-13,19H,4,9-10H2,1-3H3,(H,24,26). The molecule has 1 atom stereocenters. The van der Waals surface area contributed by atoms with E-state index in [0.29, 0.717) is 34.4 Å². The zero-order valence-corrected chi connectivity index (χ0v) is 16.8. The van der Waals surface area contributed by atoms with E-state index in [-0.39, 0.29) is 17.5 Å². The summed E-state index contributed by atoms with van der Waals surface area (Å²) >= 11 is 0. The third-order valence-electron chi connectivity index (χ3n) is 5.61. The highest BCUT2D eigenvalue weighted by Crippen LogP contribution is 2.34. The summed E-state index contributed by atoms with van der Waals surface area (Å²) in [6.45, 7) is 2.35. The van der Waals surface area contributed by atoms with E-state index < -0.39 is 0 Å². The zero-order chi connectivity index (χ0) is 20.5. The summed E-state index contributed by atoms with van der Waals surface area (Å²) in [5.74, 6) is 0.738. The van der Waals surface area contributed by atoms with Crippen LogP contribution in [-0.2, 0) is 13.0 Å². The number of aromatic nitrogens is 1. The van der Waals surface area contributed by atoms with E-state index in [9.17, 15) is 9.59 Å². The molecule has 1 N–H and O–H groups in total. The van der Waals surface area contributed by atoms with E-state index in [1.807, 2.05) is 19.1 Å². The van der Waals surface area contributed by atoms with Crippen LogP contribution in [0, 0.1) is 0 Å². The lowest BCUT2D eigenvalue weighted by atomic mass is 10.0. The van der Waals surface area contributed by atoms with Crippen molar-refractivity contribution in [3.63, 3.8) is 0 Å². The van der Waals surface area contributed by atoms with Gasteiger partial charge in [-0.05, 0) is 43.0 Å². The molecule has 1 aromatic heterocycles. The smallest absolute Gasteiger partial charge is 0.258 e. The van der Waals surface area contributed by atoms with Gasteiger partial charge in [-0.3, -0.25) is 9.59 Å². The van der Waals surface area contributed by atoms with Gasteiger partial charge in [0.15, 0.2) is 11.5 Å². The van der Waals surface area contributed by atoms with Gasteiger partial charge in [-0.25, -0.2) is 0 Å². The highest BCUT2D eigenvalue weighted by Gasteiger charge is 2.25. The lowest BCUT2D eigenvalue weighted by Crippen LogP contribution is -2.30. The molecule has 0 radical (unpaired) electrons. The third kappa shape index (κ3) is 3.24. The Bertz CT molecular complexity index is 1150. The van der Waals surface area contributed by atoms with Crippen LogP contribution in [0.5, 0.6) is 11.5 Å². The largest absolute Gasteiger partial charge is 0.493 e. The van der Waals surface area contributed by atoms with E-state index in [2.05, 4.69) is 17.4 Å². The zero-order valence-electron chi connectivity index (χ0n) is 16.8. The van der Waals surface area contributed by atoms with Gasteiger partial charge >= 0.3 is 0 Å². The minimum atomic E-state index is -0.203. The molecule has 29 heavy (non-hydrogen) atoms. The minimum Gasteiger partial charge on any atom is -0.493 e. The summed E-state index contributed by atoms with van der Waals surface area (Å²) in [7, 11) is 3.06. The van der Waals surface area contributed by atoms with Gasteiger partial charge in [0.05, 0.1) is 31.2 Å². The first kappa shape index (κ1) is 19.1. The minimum absolute atomic E-state index is 0.0316. The van der Waals surface area contributed by atoms with Gasteiger partial charge in [0, 0.05) is 18.1 Å². The molecule has 0 bridgehead atoms. The molecule has 150 valence electrons. The number of carbonyl (C=O) groups is 1. The maximum atomic E-state index is 13.3. The van der Waals surface area contributed by atoms with Gasteiger partial charge in [-0.15, -0.1) is 0 Å². The van der Waals surface area contributed by atoms with Crippen molar-refractivity contribution in [2.45, 2.75) is 32.4 Å². The van der Waals surface area contributed by atoms with Gasteiger partial charge in [0.1, 0.15) is 0 Å². The summed E-state index contributed by atoms with van der Waals surface area (Å²) in [6.07, 6.45) is 3.45. The number of hydrogen-bond acceptors (Lipinski definition) is 4. The Morgan fingerprint density at radius 2 is 1.83 bits per heavy atom. The van der Waals surface area contributed by atoms with E-state index in [1.54, 1.807) is 22.9 Å². The fraction of sp³-hybridized carbons (Fsp3) is 0.304. The number of carbonyl (C=O) groups excluding carboxylic acids is 1. The predicted molar refractivity (Wildman–Crippen MR) is 112 cm³/mol. The van der Waals surface area contributed by atoms with Crippen molar-refractivity contribution in [1.82, 2.24) is 9.88 Å². The Balaban J connectivity index is 1.81. The second-order valence-electron chi connectivity index (χ2n) is 7.15. The van der Waals surface area contributed by atoms with Crippen LogP contribution in [0.15, 0.2) is 47.4 Å². The van der Waals surface area contributed by atoms with Crippen LogP contribution in [0.1, 0.15) is 40.9 Å². The van der Waals surface area contributed by atoms with Gasteiger partial charge < -0.3 is 19.4 Å². The predicted octanol–water partition coefficient (Wildman–Crippen LogP) is 3.46. The first-order chi connectivity index (χ1) is 14.1. The highest BCUT2D eigenvalue weighted by atomic mass is 16.5. The first-order valence-corrected chi connectivity index (χ1v) is 9.75. The first-order valence-electron chi connectivity index (χ1n) is 9.75. The van der Waals surface area contributed by atoms with Crippen LogP contribution < -0.4 is 20.3 Å². The molecule has 6 heteroatoms. The van der Waals surface area contributed by atoms with E-state index >= 15 is 0 Å². The number of fused-ring (bicyclic) bond motifs is 2. The summed E-state index contributed by atoms with van der Waals surface area (Å²) < 4.78 is 12.3. The molecule has 0 saturated heterocycles. The molecule has 3 aromatic rings. The molecule has 0 saturated carbocycles. The Hall–Kier alpha value is -3.28. The molecule has 1 unspecified atom stereocenters. The maximum absolute atomic E-state index is 13.3. The van der Waals surface area contributed by atoms with E-state index in [0.717, 1.165) is 18.4 Å². The summed E-state index contributed by atoms with van der Waals surface area (Å²) in [5, 5.41) is 4.14. The molecule has 1 aliphatic carbocycles. The Labute approximate surface area is 169 Å². The Morgan fingerprint density at radius 3 is 2.52 bits per heavy atom. The summed E-state index contributed by atoms with van der Waals surface area (Å²) in [4.78, 5) is 26.1. The molecule has 1 heterocycles. The van der Waals surface area contributed by atoms with Crippen LogP contribution in [-0.4, -0.2) is 24.7 Å². The van der Waals surface area contributed by atoms with Gasteiger partial charge in [0.25, 0.3) is 11.5 Å². The number of methoxy groups -OCH3 is 2. The fourth-order valence-corrected chi connectivity index (χ4v) is 4.08. The molecule has 2 aromatic carbocycles. The fourth-order valence-electron chi connectivity index (χ4n) is 4.08. The Morgan fingerprint density at radius 1 is 1.14 bits per heavy atom. The number of rotatable bonds is 5. The van der Waals surface area contributed by atoms with Gasteiger partial charge in [-0.1, -0.05) is 24.3 Å². The monoisotopic (exact) mass is 392 g/mol. The number of nitrogens with one attached hydrogen (secondary N) is 1. The molecule has 1 amide bonds. The van der Waals surface area contributed by atoms with Crippen molar-refractivity contribution >= 4 is 16.7 Å². The second kappa shape index (κ2) is 7.62. The van der Waals surface area contributed by atoms with Crippen molar-refractivity contribution in [2.24, 2.45) is 0 Å². The quantitative estimate of drug-likeness (QED) is 0.722. The maximum Gasteiger partial charge on any atom is 0.258 e. The number of amides is 1. The Kier molecular flexibility index (Phi) is 5.01. The summed E-state index contributed by atoms with van der Waals surface area (Å²) in [6, 6.07) is 11.5. The molecule has 1 aliphatic rings. The molecular weight excluding hydrogens is 368 g/mol. The van der Waals surface area contributed by atoms with Crippen molar-refractivity contribution in [3.8, 4) is 11.5 Å². The average molecular weight is 392 g/mol. The number of benzene rings is 2. The SMILES string of the molecule is CCn1cc(C(=O)NC2CCc3ccccc32)c2cc(OC)c(OC)cc2c1=O. The molecular formula is C23H24N2O4. The van der Waals surface area contributed by atoms with Crippen molar-refractivity contribution in [3.05, 3.63) is 69.6 Å². The second-order valence-corrected chi connectivity index (χ2v) is 7.15. The van der Waals surface area contributed by atoms with E-state index in [4.69, 9.17) is 9.47 Å². The van der Waals surface area contributed by atoms with Gasteiger partial charge in [-0.2, -0.15) is 0 Å². The number of nitrogens with zero attached hydrogens (tertiary/aromatic N) is 1. The molecule has 0 spiro atoms. The van der Waals surface area contributed by atoms with E-state index in [1.165, 1.54) is 19.8 Å². The lowest BCUT2D eigenvalue weighted by Gasteiger charge is -2.17. The van der Waals surface area contributed by atoms with Crippen LogP contribution in [0.3, 0.4) is 0 Å². The van der Waals surface area contributed by atoms with Gasteiger partial charge in [0.2, 0.25) is 0 Å². The molecule has 0 aliphatic heterocycles. The third-order valence-corrected chi connectivity index (χ3v) is 5.61. The lowest BCUT2D eigenvalue weighted by molar-refractivity contribution is 0.0937. The topological polar surface area (TPSA) is 69.6 Å². The highest BCUT2D eigenvalue weighted by molar-refractivity contribution is 6.07. The molecule has 0 fully saturated rings. The van der Waals surface area contributed by atoms with Crippen molar-refractivity contribution in [1.29, 1.82) is 0 Å². The molecule has 4 rings (SSSR count). The molecule has 6 nitrogen and oxygen atoms in total. The number of hydrogen-bond donors (Lipinski definition) is 1. The normalized spacial score (nSPS) is 15.2. The average Bonchev–Trinajstić information content (AvgIpc) is 3.16. The van der Waals surface area contributed by atoms with Crippen LogP contribution in [0.25, 0.3) is 10.8 Å². The van der Waals surface area contributed by atoms with Crippen molar-refractivity contribution in [2.75, 3.05) is 14.2 Å². The van der Waals surface area contributed by atoms with Crippen LogP contribution in [0.2, 0.25) is 0 Å². The number of aryl methyl sites for hydroxylation is 2. The number of pyridine rings is 1. The number of ether oxygens (including phenoxy) is 2. The van der Waals surface area contributed by atoms with Crippen molar-refractivity contribution < 1.29 is 14.3 Å². The van der Waals surface area contributed by atoms with Crippen LogP contribution in [0.4, 0.5) is 0 Å².